The van der Waals surface area contributed by atoms with E-state index in [2.05, 4.69) is 15.6 Å². The number of alkyl halides is 3. The lowest BCUT2D eigenvalue weighted by Gasteiger charge is -2.26. The number of carbonyl (C=O) groups is 1. The van der Waals surface area contributed by atoms with Crippen molar-refractivity contribution < 1.29 is 23.1 Å². The van der Waals surface area contributed by atoms with E-state index >= 15 is 0 Å². The van der Waals surface area contributed by atoms with Gasteiger partial charge in [-0.25, -0.2) is 4.98 Å². The molecule has 28 heavy (non-hydrogen) atoms. The summed E-state index contributed by atoms with van der Waals surface area (Å²) in [6.07, 6.45) is 0.365. The molecule has 0 saturated heterocycles. The van der Waals surface area contributed by atoms with Crippen molar-refractivity contribution in [2.45, 2.75) is 38.0 Å². The maximum atomic E-state index is 12.6. The number of benzene rings is 1. The van der Waals surface area contributed by atoms with Gasteiger partial charge < -0.3 is 15.7 Å². The molecule has 1 aromatic carbocycles. The lowest BCUT2D eigenvalue weighted by Crippen LogP contribution is -2.26. The molecule has 1 heterocycles. The molecule has 2 atom stereocenters. The van der Waals surface area contributed by atoms with Gasteiger partial charge in [-0.3, -0.25) is 4.79 Å². The van der Waals surface area contributed by atoms with Gasteiger partial charge in [0.2, 0.25) is 0 Å². The second kappa shape index (κ2) is 8.60. The Morgan fingerprint density at radius 3 is 2.61 bits per heavy atom. The number of pyridine rings is 1. The van der Waals surface area contributed by atoms with Crippen molar-refractivity contribution in [3.63, 3.8) is 0 Å². The van der Waals surface area contributed by atoms with Crippen molar-refractivity contribution in [2.75, 3.05) is 17.2 Å². The van der Waals surface area contributed by atoms with Gasteiger partial charge in [0.25, 0.3) is 5.91 Å². The van der Waals surface area contributed by atoms with Crippen molar-refractivity contribution in [3.8, 4) is 0 Å². The molecule has 0 aliphatic heterocycles. The SMILES string of the molecule is O=C(Nc1ccc(C(F)(F)F)cc1)c1cccnc1NCC1CCCC(O)C1. The van der Waals surface area contributed by atoms with Crippen molar-refractivity contribution in [1.29, 1.82) is 0 Å². The molecule has 1 amide bonds. The highest BCUT2D eigenvalue weighted by atomic mass is 19.4. The number of anilines is 2. The van der Waals surface area contributed by atoms with Crippen LogP contribution in [-0.4, -0.2) is 28.6 Å². The van der Waals surface area contributed by atoms with Gasteiger partial charge in [0.05, 0.1) is 17.2 Å². The molecule has 0 bridgehead atoms. The molecule has 2 unspecified atom stereocenters. The van der Waals surface area contributed by atoms with Crippen molar-refractivity contribution in [2.24, 2.45) is 5.92 Å². The Kier molecular flexibility index (Phi) is 6.18. The first-order valence-electron chi connectivity index (χ1n) is 9.18. The summed E-state index contributed by atoms with van der Waals surface area (Å²) >= 11 is 0. The van der Waals surface area contributed by atoms with E-state index in [0.29, 0.717) is 30.3 Å². The minimum atomic E-state index is -4.42. The molecule has 2 aromatic rings. The third-order valence-corrected chi connectivity index (χ3v) is 4.84. The van der Waals surface area contributed by atoms with E-state index < -0.39 is 17.6 Å². The van der Waals surface area contributed by atoms with Gasteiger partial charge in [-0.05, 0) is 61.6 Å². The first-order chi connectivity index (χ1) is 13.3. The molecule has 1 aromatic heterocycles. The summed E-state index contributed by atoms with van der Waals surface area (Å²) in [6, 6.07) is 7.50. The van der Waals surface area contributed by atoms with Crippen LogP contribution in [0.25, 0.3) is 0 Å². The maximum absolute atomic E-state index is 12.6. The van der Waals surface area contributed by atoms with E-state index in [1.165, 1.54) is 12.1 Å². The Morgan fingerprint density at radius 1 is 1.18 bits per heavy atom. The zero-order valence-corrected chi connectivity index (χ0v) is 15.2. The third-order valence-electron chi connectivity index (χ3n) is 4.84. The highest BCUT2D eigenvalue weighted by Gasteiger charge is 2.30. The Morgan fingerprint density at radius 2 is 1.93 bits per heavy atom. The fourth-order valence-corrected chi connectivity index (χ4v) is 3.36. The van der Waals surface area contributed by atoms with Gasteiger partial charge in [-0.2, -0.15) is 13.2 Å². The number of aliphatic hydroxyl groups is 1. The number of hydrogen-bond acceptors (Lipinski definition) is 4. The average molecular weight is 393 g/mol. The smallest absolute Gasteiger partial charge is 0.393 e. The normalized spacial score (nSPS) is 19.9. The summed E-state index contributed by atoms with van der Waals surface area (Å²) in [6.45, 7) is 0.592. The number of hydrogen-bond donors (Lipinski definition) is 3. The summed E-state index contributed by atoms with van der Waals surface area (Å²) in [5.41, 5.74) is -0.203. The largest absolute Gasteiger partial charge is 0.416 e. The summed E-state index contributed by atoms with van der Waals surface area (Å²) < 4.78 is 37.9. The number of nitrogens with one attached hydrogen (secondary N) is 2. The van der Waals surface area contributed by atoms with E-state index in [-0.39, 0.29) is 11.8 Å². The van der Waals surface area contributed by atoms with E-state index in [1.54, 1.807) is 18.3 Å². The Labute approximate surface area is 161 Å². The van der Waals surface area contributed by atoms with Crippen LogP contribution in [0.15, 0.2) is 42.6 Å². The van der Waals surface area contributed by atoms with Crippen LogP contribution < -0.4 is 10.6 Å². The number of nitrogens with zero attached hydrogens (tertiary/aromatic N) is 1. The molecule has 150 valence electrons. The summed E-state index contributed by atoms with van der Waals surface area (Å²) in [4.78, 5) is 16.8. The quantitative estimate of drug-likeness (QED) is 0.708. The van der Waals surface area contributed by atoms with Crippen LogP contribution in [0.4, 0.5) is 24.7 Å². The summed E-state index contributed by atoms with van der Waals surface area (Å²) in [7, 11) is 0. The predicted molar refractivity (Wildman–Crippen MR) is 100 cm³/mol. The number of carbonyl (C=O) groups excluding carboxylic acids is 1. The van der Waals surface area contributed by atoms with Crippen LogP contribution in [-0.2, 0) is 6.18 Å². The second-order valence-electron chi connectivity index (χ2n) is 7.00. The number of aliphatic hydroxyl groups excluding tert-OH is 1. The summed E-state index contributed by atoms with van der Waals surface area (Å²) in [5, 5.41) is 15.5. The molecular formula is C20H22F3N3O2. The molecular weight excluding hydrogens is 371 g/mol. The highest BCUT2D eigenvalue weighted by Crippen LogP contribution is 2.30. The monoisotopic (exact) mass is 393 g/mol. The van der Waals surface area contributed by atoms with Gasteiger partial charge in [0.1, 0.15) is 5.82 Å². The number of rotatable bonds is 5. The third kappa shape index (κ3) is 5.22. The Hall–Kier alpha value is -2.61. The average Bonchev–Trinajstić information content (AvgIpc) is 2.66. The number of aromatic nitrogens is 1. The van der Waals surface area contributed by atoms with Crippen LogP contribution >= 0.6 is 0 Å². The standard InChI is InChI=1S/C20H22F3N3O2/c21-20(22,23)14-6-8-15(9-7-14)26-19(28)17-5-2-10-24-18(17)25-12-13-3-1-4-16(27)11-13/h2,5-10,13,16,27H,1,3-4,11-12H2,(H,24,25)(H,26,28). The molecule has 1 saturated carbocycles. The van der Waals surface area contributed by atoms with Crippen LogP contribution in [0.5, 0.6) is 0 Å². The highest BCUT2D eigenvalue weighted by molar-refractivity contribution is 6.07. The number of amides is 1. The van der Waals surface area contributed by atoms with E-state index in [9.17, 15) is 23.1 Å². The first-order valence-corrected chi connectivity index (χ1v) is 9.18. The van der Waals surface area contributed by atoms with E-state index in [1.807, 2.05) is 0 Å². The Balaban J connectivity index is 1.65. The van der Waals surface area contributed by atoms with Crippen molar-refractivity contribution >= 4 is 17.4 Å². The van der Waals surface area contributed by atoms with Gasteiger partial charge in [0.15, 0.2) is 0 Å². The van der Waals surface area contributed by atoms with Gasteiger partial charge in [-0.15, -0.1) is 0 Å². The molecule has 1 fully saturated rings. The molecule has 3 N–H and O–H groups in total. The fraction of sp³-hybridized carbons (Fsp3) is 0.400. The van der Waals surface area contributed by atoms with Gasteiger partial charge in [-0.1, -0.05) is 6.42 Å². The van der Waals surface area contributed by atoms with E-state index in [0.717, 1.165) is 31.4 Å². The van der Waals surface area contributed by atoms with Gasteiger partial charge in [0, 0.05) is 18.4 Å². The van der Waals surface area contributed by atoms with Gasteiger partial charge >= 0.3 is 6.18 Å². The zero-order chi connectivity index (χ0) is 20.1. The minimum absolute atomic E-state index is 0.267. The van der Waals surface area contributed by atoms with Crippen LogP contribution in [0.3, 0.4) is 0 Å². The molecule has 0 spiro atoms. The van der Waals surface area contributed by atoms with Crippen LogP contribution in [0, 0.1) is 5.92 Å². The molecule has 5 nitrogen and oxygen atoms in total. The molecule has 1 aliphatic rings. The second-order valence-corrected chi connectivity index (χ2v) is 7.00. The van der Waals surface area contributed by atoms with E-state index in [4.69, 9.17) is 0 Å². The maximum Gasteiger partial charge on any atom is 0.416 e. The topological polar surface area (TPSA) is 74.2 Å². The molecule has 1 aliphatic carbocycles. The lowest BCUT2D eigenvalue weighted by molar-refractivity contribution is -0.137. The zero-order valence-electron chi connectivity index (χ0n) is 15.2. The number of halogens is 3. The molecule has 0 radical (unpaired) electrons. The predicted octanol–water partition coefficient (Wildman–Crippen LogP) is 4.32. The molecule has 8 heteroatoms. The van der Waals surface area contributed by atoms with Crippen molar-refractivity contribution in [3.05, 3.63) is 53.7 Å². The van der Waals surface area contributed by atoms with Crippen LogP contribution in [0.1, 0.15) is 41.6 Å². The van der Waals surface area contributed by atoms with Crippen LogP contribution in [0.2, 0.25) is 0 Å². The fourth-order valence-electron chi connectivity index (χ4n) is 3.36. The summed E-state index contributed by atoms with van der Waals surface area (Å²) in [5.74, 6) is 0.252. The first kappa shape index (κ1) is 20.1. The lowest BCUT2D eigenvalue weighted by atomic mass is 9.87. The molecule has 3 rings (SSSR count). The Bertz CT molecular complexity index is 809. The van der Waals surface area contributed by atoms with Crippen molar-refractivity contribution in [1.82, 2.24) is 4.98 Å². The minimum Gasteiger partial charge on any atom is -0.393 e.